The van der Waals surface area contributed by atoms with Gasteiger partial charge in [-0.2, -0.15) is 0 Å². The molecule has 0 aromatic heterocycles. The monoisotopic (exact) mass is 353 g/mol. The summed E-state index contributed by atoms with van der Waals surface area (Å²) >= 11 is 3.53. The first-order chi connectivity index (χ1) is 10.0. The third-order valence-electron chi connectivity index (χ3n) is 4.91. The molecule has 2 aliphatic rings. The summed E-state index contributed by atoms with van der Waals surface area (Å²) in [6.45, 7) is 7.24. The van der Waals surface area contributed by atoms with Gasteiger partial charge in [0.05, 0.1) is 10.6 Å². The molecule has 2 aliphatic heterocycles. The molecule has 114 valence electrons. The van der Waals surface area contributed by atoms with Gasteiger partial charge < -0.3 is 10.2 Å². The highest BCUT2D eigenvalue weighted by atomic mass is 79.9. The van der Waals surface area contributed by atoms with Crippen LogP contribution in [0.25, 0.3) is 0 Å². The molecule has 0 bridgehead atoms. The summed E-state index contributed by atoms with van der Waals surface area (Å²) in [6.07, 6.45) is 1.10. The van der Waals surface area contributed by atoms with Gasteiger partial charge in [0, 0.05) is 41.8 Å². The van der Waals surface area contributed by atoms with Gasteiger partial charge in [0.1, 0.15) is 0 Å². The van der Waals surface area contributed by atoms with E-state index in [2.05, 4.69) is 33.1 Å². The van der Waals surface area contributed by atoms with Gasteiger partial charge in [-0.15, -0.1) is 0 Å². The van der Waals surface area contributed by atoms with Gasteiger partial charge in [0.15, 0.2) is 0 Å². The molecule has 6 heteroatoms. The van der Waals surface area contributed by atoms with Crippen molar-refractivity contribution >= 4 is 27.3 Å². The predicted molar refractivity (Wildman–Crippen MR) is 86.8 cm³/mol. The molecular formula is C15H20BrN3O2. The van der Waals surface area contributed by atoms with Crippen molar-refractivity contribution in [2.24, 2.45) is 11.8 Å². The van der Waals surface area contributed by atoms with Crippen LogP contribution >= 0.6 is 15.9 Å². The summed E-state index contributed by atoms with van der Waals surface area (Å²) in [5, 5.41) is 14.5. The normalized spacial score (nSPS) is 28.0. The molecule has 0 saturated carbocycles. The largest absolute Gasteiger partial charge is 0.367 e. The first-order valence-corrected chi connectivity index (χ1v) is 8.24. The van der Waals surface area contributed by atoms with Gasteiger partial charge in [-0.05, 0) is 47.2 Å². The molecule has 0 spiro atoms. The van der Waals surface area contributed by atoms with Crippen LogP contribution in [0.3, 0.4) is 0 Å². The Morgan fingerprint density at radius 2 is 2.24 bits per heavy atom. The Morgan fingerprint density at radius 1 is 1.48 bits per heavy atom. The summed E-state index contributed by atoms with van der Waals surface area (Å²) in [6, 6.07) is 4.12. The van der Waals surface area contributed by atoms with E-state index in [-0.39, 0.29) is 10.6 Å². The Morgan fingerprint density at radius 3 is 2.90 bits per heavy atom. The van der Waals surface area contributed by atoms with Crippen molar-refractivity contribution in [3.63, 3.8) is 0 Å². The fourth-order valence-electron chi connectivity index (χ4n) is 3.90. The predicted octanol–water partition coefficient (Wildman–Crippen LogP) is 3.10. The molecule has 21 heavy (non-hydrogen) atoms. The zero-order chi connectivity index (χ0) is 15.1. The van der Waals surface area contributed by atoms with E-state index < -0.39 is 0 Å². The Kier molecular flexibility index (Phi) is 3.92. The molecule has 1 aromatic carbocycles. The minimum atomic E-state index is -0.316. The lowest BCUT2D eigenvalue weighted by Gasteiger charge is -2.30. The van der Waals surface area contributed by atoms with Gasteiger partial charge in [-0.25, -0.2) is 0 Å². The minimum absolute atomic E-state index is 0.180. The van der Waals surface area contributed by atoms with Gasteiger partial charge in [-0.3, -0.25) is 10.1 Å². The maximum absolute atomic E-state index is 11.0. The van der Waals surface area contributed by atoms with E-state index in [1.54, 1.807) is 6.07 Å². The number of rotatable bonds is 3. The lowest BCUT2D eigenvalue weighted by atomic mass is 9.93. The lowest BCUT2D eigenvalue weighted by molar-refractivity contribution is -0.385. The van der Waals surface area contributed by atoms with Gasteiger partial charge in [-0.1, -0.05) is 6.92 Å². The van der Waals surface area contributed by atoms with Crippen LogP contribution in [0, 0.1) is 28.9 Å². The number of nitrogens with one attached hydrogen (secondary N) is 1. The van der Waals surface area contributed by atoms with Crippen LogP contribution in [0.2, 0.25) is 0 Å². The highest BCUT2D eigenvalue weighted by Crippen LogP contribution is 2.42. The fourth-order valence-corrected chi connectivity index (χ4v) is 4.45. The number of fused-ring (bicyclic) bond motifs is 1. The van der Waals surface area contributed by atoms with Gasteiger partial charge in [0.25, 0.3) is 5.69 Å². The van der Waals surface area contributed by atoms with E-state index in [1.807, 2.05) is 13.0 Å². The van der Waals surface area contributed by atoms with Gasteiger partial charge >= 0.3 is 0 Å². The summed E-state index contributed by atoms with van der Waals surface area (Å²) in [7, 11) is 0. The molecule has 0 radical (unpaired) electrons. The van der Waals surface area contributed by atoms with Crippen molar-refractivity contribution in [1.29, 1.82) is 0 Å². The second kappa shape index (κ2) is 5.57. The molecule has 2 saturated heterocycles. The average molecular weight is 354 g/mol. The molecule has 0 aliphatic carbocycles. The van der Waals surface area contributed by atoms with E-state index in [9.17, 15) is 10.1 Å². The Hall–Kier alpha value is -1.14. The van der Waals surface area contributed by atoms with Crippen LogP contribution in [-0.4, -0.2) is 30.6 Å². The van der Waals surface area contributed by atoms with Crippen molar-refractivity contribution in [1.82, 2.24) is 5.32 Å². The van der Waals surface area contributed by atoms with E-state index in [4.69, 9.17) is 0 Å². The third kappa shape index (κ3) is 2.44. The Bertz CT molecular complexity index is 578. The molecule has 5 nitrogen and oxygen atoms in total. The Balaban J connectivity index is 1.97. The molecule has 3 atom stereocenters. The number of nitrogens with zero attached hydrogens (tertiary/aromatic N) is 2. The SMILES string of the molecule is CCC1C2CNCC2CN1c1cc(C)c([N+](=O)[O-])cc1Br. The zero-order valence-electron chi connectivity index (χ0n) is 12.3. The highest BCUT2D eigenvalue weighted by Gasteiger charge is 2.43. The topological polar surface area (TPSA) is 58.4 Å². The van der Waals surface area contributed by atoms with Crippen LogP contribution in [0.1, 0.15) is 18.9 Å². The number of nitro groups is 1. The molecule has 1 aromatic rings. The summed E-state index contributed by atoms with van der Waals surface area (Å²) in [5.41, 5.74) is 2.00. The van der Waals surface area contributed by atoms with E-state index >= 15 is 0 Å². The first-order valence-electron chi connectivity index (χ1n) is 7.44. The number of hydrogen-bond donors (Lipinski definition) is 1. The van der Waals surface area contributed by atoms with Gasteiger partial charge in [0.2, 0.25) is 0 Å². The smallest absolute Gasteiger partial charge is 0.273 e. The summed E-state index contributed by atoms with van der Waals surface area (Å²) in [4.78, 5) is 13.2. The molecule has 2 heterocycles. The van der Waals surface area contributed by atoms with Crippen LogP contribution in [0.4, 0.5) is 11.4 Å². The van der Waals surface area contributed by atoms with Crippen molar-refractivity contribution < 1.29 is 4.92 Å². The number of halogens is 1. The minimum Gasteiger partial charge on any atom is -0.367 e. The number of benzene rings is 1. The van der Waals surface area contributed by atoms with E-state index in [1.165, 1.54) is 0 Å². The van der Waals surface area contributed by atoms with E-state index in [0.717, 1.165) is 41.8 Å². The summed E-state index contributed by atoms with van der Waals surface area (Å²) < 4.78 is 0.825. The summed E-state index contributed by atoms with van der Waals surface area (Å²) in [5.74, 6) is 1.38. The number of nitro benzene ring substituents is 1. The second-order valence-electron chi connectivity index (χ2n) is 6.06. The van der Waals surface area contributed by atoms with Crippen molar-refractivity contribution in [3.8, 4) is 0 Å². The molecule has 3 rings (SSSR count). The van der Waals surface area contributed by atoms with Crippen molar-refractivity contribution in [2.75, 3.05) is 24.5 Å². The van der Waals surface area contributed by atoms with Crippen LogP contribution in [0.15, 0.2) is 16.6 Å². The van der Waals surface area contributed by atoms with Crippen molar-refractivity contribution in [3.05, 3.63) is 32.3 Å². The average Bonchev–Trinajstić information content (AvgIpc) is 3.00. The quantitative estimate of drug-likeness (QED) is 0.669. The standard InChI is InChI=1S/C15H20BrN3O2/c1-3-13-11-7-17-6-10(11)8-18(13)15-4-9(2)14(19(20)21)5-12(15)16/h4-5,10-11,13,17H,3,6-8H2,1-2H3. The van der Waals surface area contributed by atoms with E-state index in [0.29, 0.717) is 17.9 Å². The lowest BCUT2D eigenvalue weighted by Crippen LogP contribution is -2.35. The first kappa shape index (κ1) is 14.8. The molecule has 0 amide bonds. The van der Waals surface area contributed by atoms with Crippen molar-refractivity contribution in [2.45, 2.75) is 26.3 Å². The molecular weight excluding hydrogens is 334 g/mol. The zero-order valence-corrected chi connectivity index (χ0v) is 13.9. The fraction of sp³-hybridized carbons (Fsp3) is 0.600. The van der Waals surface area contributed by atoms with Crippen LogP contribution in [-0.2, 0) is 0 Å². The molecule has 3 unspecified atom stereocenters. The Labute approximate surface area is 133 Å². The third-order valence-corrected chi connectivity index (χ3v) is 5.54. The van der Waals surface area contributed by atoms with Crippen LogP contribution < -0.4 is 10.2 Å². The number of hydrogen-bond acceptors (Lipinski definition) is 4. The molecule has 1 N–H and O–H groups in total. The maximum atomic E-state index is 11.0. The number of anilines is 1. The maximum Gasteiger partial charge on any atom is 0.273 e. The van der Waals surface area contributed by atoms with Crippen LogP contribution in [0.5, 0.6) is 0 Å². The second-order valence-corrected chi connectivity index (χ2v) is 6.91. The number of aryl methyl sites for hydroxylation is 1. The highest BCUT2D eigenvalue weighted by molar-refractivity contribution is 9.10. The molecule has 2 fully saturated rings.